The van der Waals surface area contributed by atoms with Crippen molar-refractivity contribution in [3.8, 4) is 11.4 Å². The maximum Gasteiger partial charge on any atom is 0.170 e. The minimum absolute atomic E-state index is 0.0662. The normalized spacial score (nSPS) is 17.8. The molecule has 4 aromatic rings. The molecule has 1 saturated heterocycles. The average molecular weight is 475 g/mol. The van der Waals surface area contributed by atoms with E-state index in [-0.39, 0.29) is 12.1 Å². The molecule has 0 amide bonds. The minimum atomic E-state index is -0.0928. The van der Waals surface area contributed by atoms with Crippen LogP contribution in [0.2, 0.25) is 5.02 Å². The van der Waals surface area contributed by atoms with Crippen LogP contribution in [-0.4, -0.2) is 26.7 Å². The summed E-state index contributed by atoms with van der Waals surface area (Å²) in [7, 11) is 1.67. The molecule has 5 nitrogen and oxygen atoms in total. The number of benzene rings is 2. The molecule has 1 aliphatic heterocycles. The maximum absolute atomic E-state index is 6.31. The van der Waals surface area contributed by atoms with Crippen LogP contribution in [-0.2, 0) is 6.54 Å². The summed E-state index contributed by atoms with van der Waals surface area (Å²) in [4.78, 5) is 6.87. The molecule has 2 aromatic carbocycles. The van der Waals surface area contributed by atoms with Gasteiger partial charge in [-0.15, -0.1) is 0 Å². The minimum Gasteiger partial charge on any atom is -0.497 e. The molecule has 7 heteroatoms. The number of hydrogen-bond donors (Lipinski definition) is 1. The molecule has 0 radical (unpaired) electrons. The number of aromatic nitrogens is 2. The van der Waals surface area contributed by atoms with Gasteiger partial charge in [0.1, 0.15) is 5.75 Å². The number of ether oxygens (including phenoxy) is 1. The van der Waals surface area contributed by atoms with E-state index >= 15 is 0 Å². The lowest BCUT2D eigenvalue weighted by atomic mass is 10.0. The number of thiocarbonyl (C=S) groups is 1. The molecule has 3 heterocycles. The van der Waals surface area contributed by atoms with Crippen molar-refractivity contribution in [2.24, 2.45) is 0 Å². The van der Waals surface area contributed by atoms with Gasteiger partial charge in [0.05, 0.1) is 24.9 Å². The molecular formula is C26H23ClN4OS. The quantitative estimate of drug-likeness (QED) is 0.363. The van der Waals surface area contributed by atoms with E-state index in [0.717, 1.165) is 28.4 Å². The zero-order valence-corrected chi connectivity index (χ0v) is 19.6. The van der Waals surface area contributed by atoms with Crippen LogP contribution in [0.1, 0.15) is 29.0 Å². The Morgan fingerprint density at radius 3 is 2.61 bits per heavy atom. The summed E-state index contributed by atoms with van der Waals surface area (Å²) >= 11 is 12.1. The van der Waals surface area contributed by atoms with Crippen molar-refractivity contribution >= 4 is 28.9 Å². The van der Waals surface area contributed by atoms with Gasteiger partial charge >= 0.3 is 0 Å². The van der Waals surface area contributed by atoms with Crippen molar-refractivity contribution in [2.45, 2.75) is 18.6 Å². The molecule has 0 aliphatic carbocycles. The number of methoxy groups -OCH3 is 1. The highest BCUT2D eigenvalue weighted by molar-refractivity contribution is 7.80. The molecule has 33 heavy (non-hydrogen) atoms. The topological polar surface area (TPSA) is 42.3 Å². The van der Waals surface area contributed by atoms with Crippen LogP contribution in [0.4, 0.5) is 0 Å². The maximum atomic E-state index is 6.31. The smallest absolute Gasteiger partial charge is 0.170 e. The fourth-order valence-corrected chi connectivity index (χ4v) is 4.81. The molecule has 1 aliphatic rings. The third kappa shape index (κ3) is 4.32. The van der Waals surface area contributed by atoms with E-state index in [1.165, 1.54) is 0 Å². The van der Waals surface area contributed by atoms with Crippen molar-refractivity contribution < 1.29 is 4.74 Å². The summed E-state index contributed by atoms with van der Waals surface area (Å²) in [6, 6.07) is 26.0. The molecular weight excluding hydrogens is 452 g/mol. The molecule has 1 N–H and O–H groups in total. The molecule has 2 aromatic heterocycles. The fraction of sp³-hybridized carbons (Fsp3) is 0.154. The van der Waals surface area contributed by atoms with E-state index in [0.29, 0.717) is 16.7 Å². The van der Waals surface area contributed by atoms with Gasteiger partial charge in [0, 0.05) is 35.3 Å². The summed E-state index contributed by atoms with van der Waals surface area (Å²) in [6.45, 7) is 0.657. The standard InChI is InChI=1S/C26H23ClN4OS/c1-32-21-12-10-18(11-13-21)17-31-25(24(29-26(31)33)22-8-2-3-14-28-22)23-9-5-15-30(23)20-7-4-6-19(27)16-20/h2-16,24-25H,17H2,1H3,(H,29,33)/t24-,25-/m0/s1. The van der Waals surface area contributed by atoms with Crippen molar-refractivity contribution in [3.05, 3.63) is 113 Å². The van der Waals surface area contributed by atoms with Crippen LogP contribution in [0.3, 0.4) is 0 Å². The van der Waals surface area contributed by atoms with E-state index < -0.39 is 0 Å². The predicted octanol–water partition coefficient (Wildman–Crippen LogP) is 5.71. The third-order valence-electron chi connectivity index (χ3n) is 5.88. The van der Waals surface area contributed by atoms with Gasteiger partial charge in [-0.1, -0.05) is 35.9 Å². The number of nitrogens with zero attached hydrogens (tertiary/aromatic N) is 3. The highest BCUT2D eigenvalue weighted by Crippen LogP contribution is 2.40. The highest BCUT2D eigenvalue weighted by Gasteiger charge is 2.41. The summed E-state index contributed by atoms with van der Waals surface area (Å²) in [5.41, 5.74) is 4.20. The monoisotopic (exact) mass is 474 g/mol. The predicted molar refractivity (Wildman–Crippen MR) is 135 cm³/mol. The van der Waals surface area contributed by atoms with E-state index in [9.17, 15) is 0 Å². The van der Waals surface area contributed by atoms with Crippen LogP contribution in [0.5, 0.6) is 5.75 Å². The number of nitrogens with one attached hydrogen (secondary N) is 1. The molecule has 0 spiro atoms. The molecule has 5 rings (SSSR count). The molecule has 2 atom stereocenters. The van der Waals surface area contributed by atoms with Gasteiger partial charge in [0.25, 0.3) is 0 Å². The second-order valence-electron chi connectivity index (χ2n) is 7.89. The van der Waals surface area contributed by atoms with Gasteiger partial charge in [0.15, 0.2) is 5.11 Å². The fourth-order valence-electron chi connectivity index (χ4n) is 4.32. The zero-order valence-electron chi connectivity index (χ0n) is 18.1. The van der Waals surface area contributed by atoms with Crippen LogP contribution in [0.25, 0.3) is 5.69 Å². The first-order valence-electron chi connectivity index (χ1n) is 10.7. The Labute approximate surface area is 203 Å². The Kier molecular flexibility index (Phi) is 6.03. The Morgan fingerprint density at radius 2 is 1.88 bits per heavy atom. The number of rotatable bonds is 6. The van der Waals surface area contributed by atoms with Gasteiger partial charge in [-0.2, -0.15) is 0 Å². The van der Waals surface area contributed by atoms with Crippen LogP contribution < -0.4 is 10.1 Å². The lowest BCUT2D eigenvalue weighted by molar-refractivity contribution is 0.302. The number of hydrogen-bond acceptors (Lipinski definition) is 3. The second-order valence-corrected chi connectivity index (χ2v) is 8.71. The van der Waals surface area contributed by atoms with Gasteiger partial charge < -0.3 is 19.5 Å². The average Bonchev–Trinajstić information content (AvgIpc) is 3.45. The largest absolute Gasteiger partial charge is 0.497 e. The lowest BCUT2D eigenvalue weighted by Gasteiger charge is -2.29. The van der Waals surface area contributed by atoms with Crippen molar-refractivity contribution in [1.29, 1.82) is 0 Å². The molecule has 1 fully saturated rings. The first-order valence-corrected chi connectivity index (χ1v) is 11.5. The van der Waals surface area contributed by atoms with Crippen LogP contribution in [0, 0.1) is 0 Å². The lowest BCUT2D eigenvalue weighted by Crippen LogP contribution is -2.30. The Hall–Kier alpha value is -3.35. The van der Waals surface area contributed by atoms with Gasteiger partial charge in [-0.3, -0.25) is 4.98 Å². The number of halogens is 1. The summed E-state index contributed by atoms with van der Waals surface area (Å²) in [6.07, 6.45) is 3.88. The van der Waals surface area contributed by atoms with Gasteiger partial charge in [0.2, 0.25) is 0 Å². The summed E-state index contributed by atoms with van der Waals surface area (Å²) < 4.78 is 7.49. The highest BCUT2D eigenvalue weighted by atomic mass is 35.5. The zero-order chi connectivity index (χ0) is 22.8. The van der Waals surface area contributed by atoms with Crippen molar-refractivity contribution in [2.75, 3.05) is 7.11 Å². The Bertz CT molecular complexity index is 1260. The second kappa shape index (κ2) is 9.25. The van der Waals surface area contributed by atoms with E-state index in [4.69, 9.17) is 28.6 Å². The van der Waals surface area contributed by atoms with Crippen LogP contribution >= 0.6 is 23.8 Å². The van der Waals surface area contributed by atoms with Crippen molar-refractivity contribution in [3.63, 3.8) is 0 Å². The first kappa shape index (κ1) is 21.5. The molecule has 0 saturated carbocycles. The van der Waals surface area contributed by atoms with E-state index in [1.807, 2.05) is 54.7 Å². The first-order chi connectivity index (χ1) is 16.1. The Morgan fingerprint density at radius 1 is 1.03 bits per heavy atom. The summed E-state index contributed by atoms with van der Waals surface area (Å²) in [5.74, 6) is 0.832. The van der Waals surface area contributed by atoms with Crippen molar-refractivity contribution in [1.82, 2.24) is 19.8 Å². The molecule has 0 bridgehead atoms. The Balaban J connectivity index is 1.58. The molecule has 166 valence electrons. The van der Waals surface area contributed by atoms with E-state index in [1.54, 1.807) is 7.11 Å². The van der Waals surface area contributed by atoms with Gasteiger partial charge in [-0.05, 0) is 72.4 Å². The summed E-state index contributed by atoms with van der Waals surface area (Å²) in [5, 5.41) is 4.92. The SMILES string of the molecule is COc1ccc(CN2C(=S)N[C@@H](c3ccccn3)[C@@H]2c2cccn2-c2cccc(Cl)c2)cc1. The van der Waals surface area contributed by atoms with Crippen LogP contribution in [0.15, 0.2) is 91.3 Å². The van der Waals surface area contributed by atoms with Gasteiger partial charge in [-0.25, -0.2) is 0 Å². The molecule has 0 unspecified atom stereocenters. The van der Waals surface area contributed by atoms with E-state index in [2.05, 4.69) is 56.3 Å². The number of pyridine rings is 1. The third-order valence-corrected chi connectivity index (χ3v) is 6.47.